The molecule has 2 aliphatic heterocycles. The summed E-state index contributed by atoms with van der Waals surface area (Å²) >= 11 is 1.52. The van der Waals surface area contributed by atoms with Crippen LogP contribution in [0.2, 0.25) is 0 Å². The number of hydrogen-bond acceptors (Lipinski definition) is 4. The second-order valence-electron chi connectivity index (χ2n) is 5.32. The van der Waals surface area contributed by atoms with Crippen LogP contribution >= 0.6 is 11.8 Å². The number of halogens is 1. The van der Waals surface area contributed by atoms with Gasteiger partial charge in [-0.05, 0) is 17.7 Å². The lowest BCUT2D eigenvalue weighted by Gasteiger charge is -2.34. The molecule has 1 unspecified atom stereocenters. The molecule has 2 heterocycles. The zero-order valence-corrected chi connectivity index (χ0v) is 12.9. The van der Waals surface area contributed by atoms with Crippen molar-refractivity contribution in [3.63, 3.8) is 0 Å². The first-order valence-electron chi connectivity index (χ1n) is 7.14. The molecule has 0 N–H and O–H groups in total. The van der Waals surface area contributed by atoms with Crippen LogP contribution in [0.1, 0.15) is 11.7 Å². The minimum Gasteiger partial charge on any atom is -0.370 e. The highest BCUT2D eigenvalue weighted by Crippen LogP contribution is 2.23. The molecule has 1 aromatic rings. The van der Waals surface area contributed by atoms with E-state index in [-0.39, 0.29) is 30.3 Å². The van der Waals surface area contributed by atoms with Crippen molar-refractivity contribution in [3.8, 4) is 0 Å². The van der Waals surface area contributed by atoms with Crippen LogP contribution in [0.15, 0.2) is 24.3 Å². The van der Waals surface area contributed by atoms with E-state index in [1.807, 2.05) is 0 Å². The van der Waals surface area contributed by atoms with Gasteiger partial charge in [-0.1, -0.05) is 12.1 Å². The average molecular weight is 324 g/mol. The fraction of sp³-hybridized carbons (Fsp3) is 0.467. The molecule has 2 saturated heterocycles. The molecule has 2 fully saturated rings. The third-order valence-corrected chi connectivity index (χ3v) is 4.76. The van der Waals surface area contributed by atoms with Gasteiger partial charge in [0.1, 0.15) is 18.5 Å². The first-order chi connectivity index (χ1) is 10.6. The zero-order valence-electron chi connectivity index (χ0n) is 12.0. The Morgan fingerprint density at radius 3 is 2.82 bits per heavy atom. The number of hydrogen-bond donors (Lipinski definition) is 0. The van der Waals surface area contributed by atoms with Crippen molar-refractivity contribution < 1.29 is 18.7 Å². The molecule has 5 nitrogen and oxygen atoms in total. The van der Waals surface area contributed by atoms with Gasteiger partial charge in [-0.25, -0.2) is 4.39 Å². The maximum Gasteiger partial charge on any atom is 0.242 e. The van der Waals surface area contributed by atoms with Crippen LogP contribution in [-0.4, -0.2) is 59.5 Å². The summed E-state index contributed by atoms with van der Waals surface area (Å²) in [5.74, 6) is 0.691. The first-order valence-corrected chi connectivity index (χ1v) is 8.29. The molecule has 0 radical (unpaired) electrons. The molecule has 118 valence electrons. The summed E-state index contributed by atoms with van der Waals surface area (Å²) in [7, 11) is 0. The van der Waals surface area contributed by atoms with Crippen molar-refractivity contribution in [2.24, 2.45) is 0 Å². The fourth-order valence-electron chi connectivity index (χ4n) is 2.56. The molecule has 2 aliphatic rings. The van der Waals surface area contributed by atoms with Crippen molar-refractivity contribution in [3.05, 3.63) is 35.6 Å². The lowest BCUT2D eigenvalue weighted by atomic mass is 10.1. The molecular formula is C15H17FN2O3S. The van der Waals surface area contributed by atoms with Crippen LogP contribution in [0.25, 0.3) is 0 Å². The molecule has 22 heavy (non-hydrogen) atoms. The largest absolute Gasteiger partial charge is 0.370 e. The number of rotatable bonds is 3. The topological polar surface area (TPSA) is 49.9 Å². The van der Waals surface area contributed by atoms with Crippen molar-refractivity contribution in [1.82, 2.24) is 9.80 Å². The minimum atomic E-state index is -0.294. The molecule has 0 saturated carbocycles. The molecule has 0 aliphatic carbocycles. The Bertz CT molecular complexity index is 566. The van der Waals surface area contributed by atoms with E-state index >= 15 is 0 Å². The van der Waals surface area contributed by atoms with Crippen molar-refractivity contribution in [2.45, 2.75) is 6.10 Å². The van der Waals surface area contributed by atoms with Gasteiger partial charge in [-0.3, -0.25) is 9.59 Å². The number of carbonyl (C=O) groups excluding carboxylic acids is 2. The Hall–Kier alpha value is -1.60. The molecule has 0 bridgehead atoms. The van der Waals surface area contributed by atoms with Gasteiger partial charge in [0.05, 0.1) is 24.8 Å². The number of carbonyl (C=O) groups is 2. The smallest absolute Gasteiger partial charge is 0.242 e. The van der Waals surface area contributed by atoms with Crippen molar-refractivity contribution in [1.29, 1.82) is 0 Å². The van der Waals surface area contributed by atoms with E-state index in [1.54, 1.807) is 21.9 Å². The molecule has 0 spiro atoms. The number of nitrogens with zero attached hydrogens (tertiary/aromatic N) is 2. The lowest BCUT2D eigenvalue weighted by molar-refractivity contribution is -0.143. The van der Waals surface area contributed by atoms with Crippen LogP contribution in [0.4, 0.5) is 4.39 Å². The number of morpholine rings is 1. The van der Waals surface area contributed by atoms with Gasteiger partial charge in [0.25, 0.3) is 0 Å². The summed E-state index contributed by atoms with van der Waals surface area (Å²) in [6.45, 7) is 1.52. The predicted molar refractivity (Wildman–Crippen MR) is 80.7 cm³/mol. The Kier molecular flexibility index (Phi) is 4.63. The fourth-order valence-corrected chi connectivity index (χ4v) is 3.46. The molecular weight excluding hydrogens is 307 g/mol. The van der Waals surface area contributed by atoms with E-state index in [0.29, 0.717) is 31.3 Å². The number of thioether (sulfide) groups is 1. The first kappa shape index (κ1) is 15.3. The summed E-state index contributed by atoms with van der Waals surface area (Å²) in [4.78, 5) is 27.2. The van der Waals surface area contributed by atoms with Gasteiger partial charge in [-0.2, -0.15) is 0 Å². The normalized spacial score (nSPS) is 22.2. The van der Waals surface area contributed by atoms with E-state index in [4.69, 9.17) is 4.74 Å². The SMILES string of the molecule is O=C1CSCN1CC(=O)N1CCOC(c2ccc(F)cc2)C1. The second kappa shape index (κ2) is 6.66. The van der Waals surface area contributed by atoms with Crippen LogP contribution < -0.4 is 0 Å². The minimum absolute atomic E-state index is 0.0155. The van der Waals surface area contributed by atoms with Gasteiger partial charge in [0, 0.05) is 6.54 Å². The second-order valence-corrected chi connectivity index (χ2v) is 6.28. The monoisotopic (exact) mass is 324 g/mol. The molecule has 1 atom stereocenters. The molecule has 1 aromatic carbocycles. The van der Waals surface area contributed by atoms with E-state index in [1.165, 1.54) is 23.9 Å². The third-order valence-electron chi connectivity index (χ3n) is 3.81. The Labute approximate surface area is 132 Å². The quantitative estimate of drug-likeness (QED) is 0.840. The maximum atomic E-state index is 13.0. The maximum absolute atomic E-state index is 13.0. The average Bonchev–Trinajstić information content (AvgIpc) is 2.93. The van der Waals surface area contributed by atoms with Crippen molar-refractivity contribution in [2.75, 3.05) is 37.9 Å². The van der Waals surface area contributed by atoms with Gasteiger partial charge in [0.15, 0.2) is 0 Å². The van der Waals surface area contributed by atoms with Crippen LogP contribution in [0, 0.1) is 5.82 Å². The van der Waals surface area contributed by atoms with Crippen LogP contribution in [-0.2, 0) is 14.3 Å². The zero-order chi connectivity index (χ0) is 15.5. The standard InChI is InChI=1S/C15H17FN2O3S/c16-12-3-1-11(2-4-12)13-7-17(5-6-21-13)14(19)8-18-10-22-9-15(18)20/h1-4,13H,5-10H2. The van der Waals surface area contributed by atoms with E-state index in [0.717, 1.165) is 5.56 Å². The molecule has 2 amide bonds. The van der Waals surface area contributed by atoms with E-state index in [2.05, 4.69) is 0 Å². The predicted octanol–water partition coefficient (Wildman–Crippen LogP) is 1.26. The number of benzene rings is 1. The van der Waals surface area contributed by atoms with E-state index in [9.17, 15) is 14.0 Å². The summed E-state index contributed by atoms with van der Waals surface area (Å²) in [5, 5.41) is 0. The Morgan fingerprint density at radius 2 is 2.14 bits per heavy atom. The Morgan fingerprint density at radius 1 is 1.36 bits per heavy atom. The van der Waals surface area contributed by atoms with Gasteiger partial charge in [-0.15, -0.1) is 11.8 Å². The highest BCUT2D eigenvalue weighted by atomic mass is 32.2. The van der Waals surface area contributed by atoms with Gasteiger partial charge >= 0.3 is 0 Å². The highest BCUT2D eigenvalue weighted by Gasteiger charge is 2.29. The number of amides is 2. The van der Waals surface area contributed by atoms with Crippen LogP contribution in [0.3, 0.4) is 0 Å². The highest BCUT2D eigenvalue weighted by molar-refractivity contribution is 8.00. The Balaban J connectivity index is 1.61. The lowest BCUT2D eigenvalue weighted by Crippen LogP contribution is -2.47. The van der Waals surface area contributed by atoms with Gasteiger partial charge < -0.3 is 14.5 Å². The third kappa shape index (κ3) is 3.41. The molecule has 3 rings (SSSR count). The summed E-state index contributed by atoms with van der Waals surface area (Å²) in [5.41, 5.74) is 0.853. The van der Waals surface area contributed by atoms with Gasteiger partial charge in [0.2, 0.25) is 11.8 Å². The van der Waals surface area contributed by atoms with E-state index < -0.39 is 0 Å². The van der Waals surface area contributed by atoms with Crippen LogP contribution in [0.5, 0.6) is 0 Å². The summed E-state index contributed by atoms with van der Waals surface area (Å²) in [6.07, 6.45) is -0.248. The molecule has 0 aromatic heterocycles. The summed E-state index contributed by atoms with van der Waals surface area (Å²) < 4.78 is 18.7. The molecule has 7 heteroatoms. The summed E-state index contributed by atoms with van der Waals surface area (Å²) in [6, 6.07) is 6.13. The van der Waals surface area contributed by atoms with Crippen molar-refractivity contribution >= 4 is 23.6 Å². The number of ether oxygens (including phenoxy) is 1.